The molecule has 2 rings (SSSR count). The summed E-state index contributed by atoms with van der Waals surface area (Å²) in [4.78, 5) is 26.9. The van der Waals surface area contributed by atoms with E-state index in [9.17, 15) is 9.59 Å². The van der Waals surface area contributed by atoms with Crippen LogP contribution in [0.1, 0.15) is 25.8 Å². The number of carbonyl (C=O) groups is 2. The van der Waals surface area contributed by atoms with Crippen LogP contribution in [0, 0.1) is 0 Å². The summed E-state index contributed by atoms with van der Waals surface area (Å²) >= 11 is 3.37. The first kappa shape index (κ1) is 22.0. The van der Waals surface area contributed by atoms with Crippen molar-refractivity contribution in [1.82, 2.24) is 10.2 Å². The minimum atomic E-state index is -0.559. The first-order chi connectivity index (χ1) is 13.5. The number of nitrogens with zero attached hydrogens (tertiary/aromatic N) is 1. The lowest BCUT2D eigenvalue weighted by atomic mass is 10.1. The molecule has 0 spiro atoms. The van der Waals surface area contributed by atoms with E-state index in [1.807, 2.05) is 49.4 Å². The molecule has 5 nitrogen and oxygen atoms in total. The number of benzene rings is 2. The van der Waals surface area contributed by atoms with E-state index in [2.05, 4.69) is 21.2 Å². The molecular weight excluding hydrogens is 420 g/mol. The van der Waals surface area contributed by atoms with Crippen LogP contribution in [0.4, 0.5) is 0 Å². The van der Waals surface area contributed by atoms with Gasteiger partial charge >= 0.3 is 0 Å². The van der Waals surface area contributed by atoms with Crippen LogP contribution >= 0.6 is 15.9 Å². The molecular formula is C22H27BrN2O3. The molecule has 0 saturated carbocycles. The minimum absolute atomic E-state index is 0.109. The van der Waals surface area contributed by atoms with Gasteiger partial charge in [0.25, 0.3) is 5.91 Å². The molecule has 0 aliphatic carbocycles. The van der Waals surface area contributed by atoms with Crippen molar-refractivity contribution in [2.45, 2.75) is 32.7 Å². The molecule has 0 unspecified atom stereocenters. The number of halogens is 1. The van der Waals surface area contributed by atoms with Crippen molar-refractivity contribution >= 4 is 27.7 Å². The zero-order chi connectivity index (χ0) is 20.4. The normalized spacial score (nSPS) is 11.5. The van der Waals surface area contributed by atoms with Gasteiger partial charge in [-0.3, -0.25) is 9.59 Å². The van der Waals surface area contributed by atoms with Crippen molar-refractivity contribution in [2.24, 2.45) is 0 Å². The van der Waals surface area contributed by atoms with Gasteiger partial charge < -0.3 is 15.0 Å². The summed E-state index contributed by atoms with van der Waals surface area (Å²) in [5.41, 5.74) is 1.12. The largest absolute Gasteiger partial charge is 0.484 e. The number of carbonyl (C=O) groups excluding carboxylic acids is 2. The molecule has 2 amide bonds. The molecule has 2 aromatic rings. The fourth-order valence-corrected chi connectivity index (χ4v) is 2.99. The Morgan fingerprint density at radius 1 is 1.11 bits per heavy atom. The highest BCUT2D eigenvalue weighted by atomic mass is 79.9. The van der Waals surface area contributed by atoms with Gasteiger partial charge in [0, 0.05) is 17.6 Å². The van der Waals surface area contributed by atoms with Gasteiger partial charge in [-0.1, -0.05) is 53.2 Å². The highest BCUT2D eigenvalue weighted by Gasteiger charge is 2.25. The lowest BCUT2D eigenvalue weighted by Gasteiger charge is -2.28. The molecule has 0 fully saturated rings. The molecule has 0 saturated heterocycles. The van der Waals surface area contributed by atoms with Gasteiger partial charge in [0.2, 0.25) is 5.91 Å². The molecule has 0 aliphatic rings. The minimum Gasteiger partial charge on any atom is -0.484 e. The van der Waals surface area contributed by atoms with E-state index in [4.69, 9.17) is 4.74 Å². The first-order valence-electron chi connectivity index (χ1n) is 9.50. The van der Waals surface area contributed by atoms with E-state index >= 15 is 0 Å². The number of hydrogen-bond acceptors (Lipinski definition) is 3. The van der Waals surface area contributed by atoms with Crippen LogP contribution in [0.15, 0.2) is 59.1 Å². The van der Waals surface area contributed by atoms with Crippen LogP contribution in [0.2, 0.25) is 0 Å². The first-order valence-corrected chi connectivity index (χ1v) is 10.3. The quantitative estimate of drug-likeness (QED) is 0.603. The standard InChI is InChI=1S/C22H27BrN2O3/c1-3-14-24-22(27)17(2)25(15-13-18-7-5-4-6-8-18)21(26)16-28-20-11-9-19(23)10-12-20/h4-12,17H,3,13-16H2,1-2H3,(H,24,27)/t17-/m0/s1. The summed E-state index contributed by atoms with van der Waals surface area (Å²) in [5, 5.41) is 2.87. The lowest BCUT2D eigenvalue weighted by molar-refractivity contribution is -0.141. The zero-order valence-electron chi connectivity index (χ0n) is 16.4. The Bertz CT molecular complexity index is 750. The fraction of sp³-hybridized carbons (Fsp3) is 0.364. The second-order valence-electron chi connectivity index (χ2n) is 6.53. The number of amides is 2. The molecule has 1 N–H and O–H groups in total. The smallest absolute Gasteiger partial charge is 0.261 e. The van der Waals surface area contributed by atoms with Gasteiger partial charge in [-0.05, 0) is 49.6 Å². The topological polar surface area (TPSA) is 58.6 Å². The molecule has 2 aromatic carbocycles. The van der Waals surface area contributed by atoms with Gasteiger partial charge in [0.1, 0.15) is 11.8 Å². The van der Waals surface area contributed by atoms with Gasteiger partial charge in [0.05, 0.1) is 0 Å². The van der Waals surface area contributed by atoms with E-state index in [0.29, 0.717) is 25.3 Å². The molecule has 0 radical (unpaired) electrons. The summed E-state index contributed by atoms with van der Waals surface area (Å²) in [5.74, 6) is 0.257. The summed E-state index contributed by atoms with van der Waals surface area (Å²) < 4.78 is 6.56. The van der Waals surface area contributed by atoms with E-state index < -0.39 is 6.04 Å². The molecule has 1 atom stereocenters. The van der Waals surface area contributed by atoms with Crippen LogP contribution in [0.3, 0.4) is 0 Å². The maximum atomic E-state index is 12.8. The van der Waals surface area contributed by atoms with Crippen molar-refractivity contribution in [3.05, 3.63) is 64.6 Å². The molecule has 6 heteroatoms. The van der Waals surface area contributed by atoms with E-state index in [1.165, 1.54) is 0 Å². The number of hydrogen-bond donors (Lipinski definition) is 1. The van der Waals surface area contributed by atoms with Crippen LogP contribution in [-0.2, 0) is 16.0 Å². The Morgan fingerprint density at radius 3 is 2.43 bits per heavy atom. The average Bonchev–Trinajstić information content (AvgIpc) is 2.72. The summed E-state index contributed by atoms with van der Waals surface area (Å²) in [6.07, 6.45) is 1.53. The van der Waals surface area contributed by atoms with E-state index in [-0.39, 0.29) is 18.4 Å². The number of nitrogens with one attached hydrogen (secondary N) is 1. The molecule has 28 heavy (non-hydrogen) atoms. The van der Waals surface area contributed by atoms with Crippen LogP contribution in [0.25, 0.3) is 0 Å². The molecule has 0 aromatic heterocycles. The van der Waals surface area contributed by atoms with Crippen LogP contribution < -0.4 is 10.1 Å². The molecule has 0 aliphatic heterocycles. The fourth-order valence-electron chi connectivity index (χ4n) is 2.72. The van der Waals surface area contributed by atoms with Crippen molar-refractivity contribution in [2.75, 3.05) is 19.7 Å². The predicted octanol–water partition coefficient (Wildman–Crippen LogP) is 3.81. The van der Waals surface area contributed by atoms with E-state index in [0.717, 1.165) is 16.5 Å². The Balaban J connectivity index is 2.03. The van der Waals surface area contributed by atoms with Crippen LogP contribution in [0.5, 0.6) is 5.75 Å². The third kappa shape index (κ3) is 7.00. The highest BCUT2D eigenvalue weighted by Crippen LogP contribution is 2.16. The van der Waals surface area contributed by atoms with Gasteiger partial charge in [-0.25, -0.2) is 0 Å². The Morgan fingerprint density at radius 2 is 1.79 bits per heavy atom. The third-order valence-corrected chi connectivity index (χ3v) is 4.91. The van der Waals surface area contributed by atoms with Gasteiger partial charge in [-0.15, -0.1) is 0 Å². The second kappa shape index (κ2) is 11.5. The number of ether oxygens (including phenoxy) is 1. The molecule has 0 heterocycles. The third-order valence-electron chi connectivity index (χ3n) is 4.38. The monoisotopic (exact) mass is 446 g/mol. The van der Waals surface area contributed by atoms with Crippen molar-refractivity contribution in [3.8, 4) is 5.75 Å². The highest BCUT2D eigenvalue weighted by molar-refractivity contribution is 9.10. The lowest BCUT2D eigenvalue weighted by Crippen LogP contribution is -2.50. The summed E-state index contributed by atoms with van der Waals surface area (Å²) in [6, 6.07) is 16.7. The van der Waals surface area contributed by atoms with E-state index in [1.54, 1.807) is 24.0 Å². The van der Waals surface area contributed by atoms with Crippen molar-refractivity contribution in [1.29, 1.82) is 0 Å². The zero-order valence-corrected chi connectivity index (χ0v) is 17.9. The Kier molecular flexibility index (Phi) is 9.01. The maximum Gasteiger partial charge on any atom is 0.261 e. The van der Waals surface area contributed by atoms with Crippen molar-refractivity contribution in [3.63, 3.8) is 0 Å². The van der Waals surface area contributed by atoms with Crippen molar-refractivity contribution < 1.29 is 14.3 Å². The average molecular weight is 447 g/mol. The number of rotatable bonds is 10. The van der Waals surface area contributed by atoms with Crippen LogP contribution in [-0.4, -0.2) is 42.5 Å². The van der Waals surface area contributed by atoms with Gasteiger partial charge in [-0.2, -0.15) is 0 Å². The molecule has 0 bridgehead atoms. The SMILES string of the molecule is CCCNC(=O)[C@H](C)N(CCc1ccccc1)C(=O)COc1ccc(Br)cc1. The Hall–Kier alpha value is -2.34. The van der Waals surface area contributed by atoms with Gasteiger partial charge in [0.15, 0.2) is 6.61 Å². The summed E-state index contributed by atoms with van der Waals surface area (Å²) in [7, 11) is 0. The molecule has 150 valence electrons. The summed E-state index contributed by atoms with van der Waals surface area (Å²) in [6.45, 7) is 4.69. The maximum absolute atomic E-state index is 12.8. The predicted molar refractivity (Wildman–Crippen MR) is 114 cm³/mol. The Labute approximate surface area is 175 Å². The second-order valence-corrected chi connectivity index (χ2v) is 7.45.